The molecule has 2 rings (SSSR count). The second-order valence-corrected chi connectivity index (χ2v) is 5.96. The van der Waals surface area contributed by atoms with Crippen LogP contribution in [0.15, 0.2) is 23.8 Å². The van der Waals surface area contributed by atoms with Crippen molar-refractivity contribution >= 4 is 0 Å². The summed E-state index contributed by atoms with van der Waals surface area (Å²) in [6, 6.07) is 3.49. The summed E-state index contributed by atoms with van der Waals surface area (Å²) in [4.78, 5) is 0. The Morgan fingerprint density at radius 2 is 2.14 bits per heavy atom. The molecule has 0 spiro atoms. The van der Waals surface area contributed by atoms with Crippen molar-refractivity contribution in [3.05, 3.63) is 40.5 Å². The first-order valence-corrected chi connectivity index (χ1v) is 7.34. The van der Waals surface area contributed by atoms with Gasteiger partial charge in [0.2, 0.25) is 0 Å². The molecular formula is C17H24O4. The van der Waals surface area contributed by atoms with Crippen molar-refractivity contribution < 1.29 is 20.1 Å². The Hall–Kier alpha value is -1.36. The highest BCUT2D eigenvalue weighted by atomic mass is 16.5. The van der Waals surface area contributed by atoms with Gasteiger partial charge in [-0.15, -0.1) is 0 Å². The van der Waals surface area contributed by atoms with Gasteiger partial charge in [-0.1, -0.05) is 17.7 Å². The zero-order valence-corrected chi connectivity index (χ0v) is 12.8. The normalized spacial score (nSPS) is 23.1. The minimum absolute atomic E-state index is 0.135. The first-order valence-electron chi connectivity index (χ1n) is 7.34. The van der Waals surface area contributed by atoms with Gasteiger partial charge < -0.3 is 20.1 Å². The number of hydrogen-bond acceptors (Lipinski definition) is 4. The van der Waals surface area contributed by atoms with E-state index in [1.54, 1.807) is 13.0 Å². The van der Waals surface area contributed by atoms with E-state index < -0.39 is 18.3 Å². The standard InChI is InChI=1S/C17H24O4/c1-10(2)4-5-12-6-7-14(19)13-9-21-16(11(3)18)8-15(20)17(12)13/h4,6-7,11,15-16,18-20H,5,8-9H2,1-3H3/t11-,15-,16-/m1/s1. The summed E-state index contributed by atoms with van der Waals surface area (Å²) in [5, 5.41) is 30.3. The van der Waals surface area contributed by atoms with Gasteiger partial charge in [0.1, 0.15) is 5.75 Å². The molecule has 21 heavy (non-hydrogen) atoms. The van der Waals surface area contributed by atoms with Crippen LogP contribution in [0.3, 0.4) is 0 Å². The monoisotopic (exact) mass is 292 g/mol. The molecule has 4 nitrogen and oxygen atoms in total. The number of hydrogen-bond donors (Lipinski definition) is 3. The van der Waals surface area contributed by atoms with E-state index in [-0.39, 0.29) is 12.4 Å². The maximum absolute atomic E-state index is 10.5. The largest absolute Gasteiger partial charge is 0.508 e. The van der Waals surface area contributed by atoms with Gasteiger partial charge in [-0.3, -0.25) is 0 Å². The predicted molar refractivity (Wildman–Crippen MR) is 81.1 cm³/mol. The first kappa shape index (κ1) is 16.0. The molecule has 0 unspecified atom stereocenters. The number of phenols is 1. The summed E-state index contributed by atoms with van der Waals surface area (Å²) in [6.07, 6.45) is 1.31. The first-order chi connectivity index (χ1) is 9.90. The number of aliphatic hydroxyl groups excluding tert-OH is 2. The highest BCUT2D eigenvalue weighted by Gasteiger charge is 2.29. The molecule has 0 radical (unpaired) electrons. The Labute approximate surface area is 125 Å². The van der Waals surface area contributed by atoms with Crippen LogP contribution in [0.4, 0.5) is 0 Å². The third kappa shape index (κ3) is 3.64. The maximum atomic E-state index is 10.5. The van der Waals surface area contributed by atoms with Crippen LogP contribution in [-0.4, -0.2) is 27.5 Å². The Morgan fingerprint density at radius 3 is 2.76 bits per heavy atom. The molecule has 1 aliphatic heterocycles. The number of rotatable bonds is 3. The minimum atomic E-state index is -0.741. The molecule has 0 bridgehead atoms. The molecule has 0 saturated heterocycles. The van der Waals surface area contributed by atoms with Crippen molar-refractivity contribution in [1.29, 1.82) is 0 Å². The zero-order valence-electron chi connectivity index (χ0n) is 12.8. The number of benzene rings is 1. The Morgan fingerprint density at radius 1 is 1.43 bits per heavy atom. The van der Waals surface area contributed by atoms with Crippen molar-refractivity contribution in [1.82, 2.24) is 0 Å². The van der Waals surface area contributed by atoms with E-state index in [4.69, 9.17) is 4.74 Å². The predicted octanol–water partition coefficient (Wildman–Crippen LogP) is 2.60. The average molecular weight is 292 g/mol. The number of allylic oxidation sites excluding steroid dienone is 2. The molecule has 1 heterocycles. The lowest BCUT2D eigenvalue weighted by atomic mass is 9.91. The fraction of sp³-hybridized carbons (Fsp3) is 0.529. The number of ether oxygens (including phenoxy) is 1. The molecule has 1 aliphatic rings. The van der Waals surface area contributed by atoms with Crippen LogP contribution in [0.2, 0.25) is 0 Å². The number of aliphatic hydroxyl groups is 2. The molecule has 0 saturated carbocycles. The molecule has 3 N–H and O–H groups in total. The van der Waals surface area contributed by atoms with Crippen LogP contribution in [0.25, 0.3) is 0 Å². The van der Waals surface area contributed by atoms with Crippen LogP contribution in [0.5, 0.6) is 5.75 Å². The van der Waals surface area contributed by atoms with Crippen LogP contribution >= 0.6 is 0 Å². The summed E-state index contributed by atoms with van der Waals surface area (Å²) in [5.74, 6) is 0.135. The van der Waals surface area contributed by atoms with E-state index in [1.165, 1.54) is 5.57 Å². The molecule has 3 atom stereocenters. The molecule has 0 aliphatic carbocycles. The van der Waals surface area contributed by atoms with Gasteiger partial charge in [-0.25, -0.2) is 0 Å². The van der Waals surface area contributed by atoms with Crippen molar-refractivity contribution in [3.8, 4) is 5.75 Å². The van der Waals surface area contributed by atoms with Crippen molar-refractivity contribution in [2.45, 2.75) is 58.5 Å². The van der Waals surface area contributed by atoms with Crippen LogP contribution in [0.1, 0.15) is 50.0 Å². The van der Waals surface area contributed by atoms with E-state index in [2.05, 4.69) is 6.08 Å². The molecule has 1 aromatic rings. The van der Waals surface area contributed by atoms with E-state index in [0.29, 0.717) is 18.4 Å². The Balaban J connectivity index is 2.40. The summed E-state index contributed by atoms with van der Waals surface area (Å²) in [6.45, 7) is 5.91. The molecule has 1 aromatic carbocycles. The average Bonchev–Trinajstić information content (AvgIpc) is 2.59. The molecule has 0 aromatic heterocycles. The topological polar surface area (TPSA) is 69.9 Å². The van der Waals surface area contributed by atoms with Gasteiger partial charge >= 0.3 is 0 Å². The van der Waals surface area contributed by atoms with Crippen LogP contribution in [0, 0.1) is 0 Å². The molecule has 116 valence electrons. The third-order valence-corrected chi connectivity index (χ3v) is 3.92. The highest BCUT2D eigenvalue weighted by molar-refractivity contribution is 5.46. The SMILES string of the molecule is CC(C)=CCc1ccc(O)c2c1[C@H](O)C[C@H]([C@@H](C)O)OC2. The van der Waals surface area contributed by atoms with Crippen molar-refractivity contribution in [2.75, 3.05) is 0 Å². The van der Waals surface area contributed by atoms with Gasteiger partial charge in [-0.05, 0) is 44.4 Å². The maximum Gasteiger partial charge on any atom is 0.121 e. The molecule has 0 amide bonds. The quantitative estimate of drug-likeness (QED) is 0.749. The van der Waals surface area contributed by atoms with Crippen molar-refractivity contribution in [2.24, 2.45) is 0 Å². The summed E-state index contributed by atoms with van der Waals surface area (Å²) < 4.78 is 5.64. The van der Waals surface area contributed by atoms with E-state index in [0.717, 1.165) is 11.1 Å². The zero-order chi connectivity index (χ0) is 15.6. The lowest BCUT2D eigenvalue weighted by molar-refractivity contribution is -0.0537. The summed E-state index contributed by atoms with van der Waals surface area (Å²) >= 11 is 0. The lowest BCUT2D eigenvalue weighted by Crippen LogP contribution is -2.26. The van der Waals surface area contributed by atoms with Gasteiger partial charge in [-0.2, -0.15) is 0 Å². The smallest absolute Gasteiger partial charge is 0.121 e. The van der Waals surface area contributed by atoms with Crippen molar-refractivity contribution in [3.63, 3.8) is 0 Å². The highest BCUT2D eigenvalue weighted by Crippen LogP contribution is 2.36. The van der Waals surface area contributed by atoms with E-state index in [9.17, 15) is 15.3 Å². The lowest BCUT2D eigenvalue weighted by Gasteiger charge is -2.20. The number of phenolic OH excluding ortho intramolecular Hbond substituents is 1. The summed E-state index contributed by atoms with van der Waals surface area (Å²) in [7, 11) is 0. The molecular weight excluding hydrogens is 268 g/mol. The fourth-order valence-electron chi connectivity index (χ4n) is 2.69. The number of fused-ring (bicyclic) bond motifs is 1. The minimum Gasteiger partial charge on any atom is -0.508 e. The van der Waals surface area contributed by atoms with Gasteiger partial charge in [0.25, 0.3) is 0 Å². The fourth-order valence-corrected chi connectivity index (χ4v) is 2.69. The van der Waals surface area contributed by atoms with E-state index in [1.807, 2.05) is 19.9 Å². The third-order valence-electron chi connectivity index (χ3n) is 3.92. The Kier molecular flexibility index (Phi) is 5.04. The van der Waals surface area contributed by atoms with Gasteiger partial charge in [0.15, 0.2) is 0 Å². The van der Waals surface area contributed by atoms with Crippen LogP contribution in [-0.2, 0) is 17.8 Å². The molecule has 0 fully saturated rings. The van der Waals surface area contributed by atoms with Crippen LogP contribution < -0.4 is 0 Å². The summed E-state index contributed by atoms with van der Waals surface area (Å²) in [5.41, 5.74) is 3.57. The second kappa shape index (κ2) is 6.60. The second-order valence-electron chi connectivity index (χ2n) is 5.96. The van der Waals surface area contributed by atoms with Gasteiger partial charge in [0, 0.05) is 12.0 Å². The molecule has 4 heteroatoms. The van der Waals surface area contributed by atoms with E-state index >= 15 is 0 Å². The number of aromatic hydroxyl groups is 1. The van der Waals surface area contributed by atoms with Gasteiger partial charge in [0.05, 0.1) is 24.9 Å². The Bertz CT molecular complexity index is 530.